The van der Waals surface area contributed by atoms with E-state index in [4.69, 9.17) is 0 Å². The lowest BCUT2D eigenvalue weighted by atomic mass is 9.98. The summed E-state index contributed by atoms with van der Waals surface area (Å²) in [6, 6.07) is 22.4. The fourth-order valence-corrected chi connectivity index (χ4v) is 2.81. The molecule has 3 heteroatoms. The van der Waals surface area contributed by atoms with E-state index in [1.165, 1.54) is 24.3 Å². The predicted molar refractivity (Wildman–Crippen MR) is 92.5 cm³/mol. The summed E-state index contributed by atoms with van der Waals surface area (Å²) in [6.45, 7) is 0. The molecule has 0 atom stereocenters. The predicted octanol–water partition coefficient (Wildman–Crippen LogP) is 5.85. The van der Waals surface area contributed by atoms with Crippen LogP contribution < -0.4 is 0 Å². The molecule has 0 spiro atoms. The standard InChI is InChI=1S/C21H13F2N/c22-16-9-5-14(6-10-16)19-13-21(15-7-11-17(23)12-8-15)24-20-4-2-1-3-18(19)20/h1-13H. The van der Waals surface area contributed by atoms with Crippen molar-refractivity contribution in [1.82, 2.24) is 4.98 Å². The molecule has 0 aliphatic heterocycles. The van der Waals surface area contributed by atoms with Gasteiger partial charge in [-0.25, -0.2) is 13.8 Å². The lowest BCUT2D eigenvalue weighted by Crippen LogP contribution is -1.90. The Balaban J connectivity index is 1.97. The minimum absolute atomic E-state index is 0.268. The van der Waals surface area contributed by atoms with Crippen molar-refractivity contribution >= 4 is 10.9 Å². The van der Waals surface area contributed by atoms with Gasteiger partial charge >= 0.3 is 0 Å². The van der Waals surface area contributed by atoms with Crippen LogP contribution in [0.4, 0.5) is 8.78 Å². The van der Waals surface area contributed by atoms with Crippen LogP contribution >= 0.6 is 0 Å². The molecule has 0 aliphatic carbocycles. The van der Waals surface area contributed by atoms with Gasteiger partial charge in [-0.05, 0) is 59.7 Å². The van der Waals surface area contributed by atoms with Crippen molar-refractivity contribution in [3.8, 4) is 22.4 Å². The average Bonchev–Trinajstić information content (AvgIpc) is 2.62. The molecule has 1 aromatic heterocycles. The van der Waals surface area contributed by atoms with Gasteiger partial charge in [0.05, 0.1) is 11.2 Å². The van der Waals surface area contributed by atoms with Gasteiger partial charge in [0.2, 0.25) is 0 Å². The highest BCUT2D eigenvalue weighted by molar-refractivity contribution is 5.96. The second kappa shape index (κ2) is 5.85. The van der Waals surface area contributed by atoms with Crippen molar-refractivity contribution in [3.63, 3.8) is 0 Å². The molecule has 0 bridgehead atoms. The number of hydrogen-bond donors (Lipinski definition) is 0. The van der Waals surface area contributed by atoms with Gasteiger partial charge in [0.25, 0.3) is 0 Å². The van der Waals surface area contributed by atoms with Gasteiger partial charge < -0.3 is 0 Å². The number of pyridine rings is 1. The highest BCUT2D eigenvalue weighted by atomic mass is 19.1. The second-order valence-electron chi connectivity index (χ2n) is 5.59. The first-order valence-electron chi connectivity index (χ1n) is 7.62. The third kappa shape index (κ3) is 2.65. The summed E-state index contributed by atoms with van der Waals surface area (Å²) in [4.78, 5) is 4.68. The Hall–Kier alpha value is -3.07. The molecule has 0 N–H and O–H groups in total. The molecule has 0 unspecified atom stereocenters. The van der Waals surface area contributed by atoms with Crippen LogP contribution in [0, 0.1) is 11.6 Å². The van der Waals surface area contributed by atoms with Crippen LogP contribution in [-0.4, -0.2) is 4.98 Å². The summed E-state index contributed by atoms with van der Waals surface area (Å²) in [5.74, 6) is -0.547. The fraction of sp³-hybridized carbons (Fsp3) is 0. The SMILES string of the molecule is Fc1ccc(-c2cc(-c3ccc(F)cc3)c3ccccc3n2)cc1. The van der Waals surface area contributed by atoms with Crippen LogP contribution in [0.2, 0.25) is 0 Å². The first-order chi connectivity index (χ1) is 11.7. The van der Waals surface area contributed by atoms with E-state index in [1.807, 2.05) is 30.3 Å². The van der Waals surface area contributed by atoms with Crippen LogP contribution in [0.5, 0.6) is 0 Å². The van der Waals surface area contributed by atoms with Gasteiger partial charge in [-0.1, -0.05) is 30.3 Å². The van der Waals surface area contributed by atoms with Gasteiger partial charge in [0.15, 0.2) is 0 Å². The Morgan fingerprint density at radius 3 is 1.88 bits per heavy atom. The van der Waals surface area contributed by atoms with Crippen LogP contribution in [0.3, 0.4) is 0 Å². The van der Waals surface area contributed by atoms with Crippen molar-refractivity contribution in [1.29, 1.82) is 0 Å². The Kier molecular flexibility index (Phi) is 3.54. The molecule has 1 nitrogen and oxygen atoms in total. The molecule has 4 rings (SSSR count). The minimum atomic E-state index is -0.279. The molecule has 0 aliphatic rings. The van der Waals surface area contributed by atoms with E-state index in [1.54, 1.807) is 24.3 Å². The topological polar surface area (TPSA) is 12.9 Å². The maximum absolute atomic E-state index is 13.3. The third-order valence-corrected chi connectivity index (χ3v) is 4.01. The average molecular weight is 317 g/mol. The maximum Gasteiger partial charge on any atom is 0.123 e. The number of para-hydroxylation sites is 1. The molecule has 116 valence electrons. The zero-order valence-corrected chi connectivity index (χ0v) is 12.7. The quantitative estimate of drug-likeness (QED) is 0.452. The van der Waals surface area contributed by atoms with Gasteiger partial charge in [0, 0.05) is 10.9 Å². The molecular weight excluding hydrogens is 304 g/mol. The molecule has 1 heterocycles. The van der Waals surface area contributed by atoms with Gasteiger partial charge in [0.1, 0.15) is 11.6 Å². The van der Waals surface area contributed by atoms with Gasteiger partial charge in [-0.15, -0.1) is 0 Å². The largest absolute Gasteiger partial charge is 0.248 e. The maximum atomic E-state index is 13.3. The second-order valence-corrected chi connectivity index (χ2v) is 5.59. The van der Waals surface area contributed by atoms with E-state index in [2.05, 4.69) is 4.98 Å². The summed E-state index contributed by atoms with van der Waals surface area (Å²) in [5, 5.41) is 0.995. The third-order valence-electron chi connectivity index (χ3n) is 4.01. The molecule has 0 saturated heterocycles. The number of fused-ring (bicyclic) bond motifs is 1. The number of benzene rings is 3. The van der Waals surface area contributed by atoms with E-state index >= 15 is 0 Å². The summed E-state index contributed by atoms with van der Waals surface area (Å²) in [7, 11) is 0. The lowest BCUT2D eigenvalue weighted by Gasteiger charge is -2.10. The number of nitrogens with zero attached hydrogens (tertiary/aromatic N) is 1. The molecule has 4 aromatic rings. The summed E-state index contributed by atoms with van der Waals surface area (Å²) >= 11 is 0. The molecule has 0 radical (unpaired) electrons. The van der Waals surface area contributed by atoms with Gasteiger partial charge in [-0.3, -0.25) is 0 Å². The van der Waals surface area contributed by atoms with Crippen LogP contribution in [0.15, 0.2) is 78.9 Å². The molecular formula is C21H13F2N. The Bertz CT molecular complexity index is 1010. The molecule has 3 aromatic carbocycles. The first-order valence-corrected chi connectivity index (χ1v) is 7.62. The highest BCUT2D eigenvalue weighted by Crippen LogP contribution is 2.32. The summed E-state index contributed by atoms with van der Waals surface area (Å²) in [6.07, 6.45) is 0. The normalized spacial score (nSPS) is 10.9. The van der Waals surface area contributed by atoms with Gasteiger partial charge in [-0.2, -0.15) is 0 Å². The van der Waals surface area contributed by atoms with Crippen molar-refractivity contribution < 1.29 is 8.78 Å². The molecule has 0 amide bonds. The zero-order valence-electron chi connectivity index (χ0n) is 12.7. The van der Waals surface area contributed by atoms with E-state index < -0.39 is 0 Å². The zero-order chi connectivity index (χ0) is 16.5. The van der Waals surface area contributed by atoms with E-state index in [0.717, 1.165) is 33.3 Å². The first kappa shape index (κ1) is 14.5. The Morgan fingerprint density at radius 1 is 0.625 bits per heavy atom. The van der Waals surface area contributed by atoms with Crippen LogP contribution in [0.25, 0.3) is 33.3 Å². The number of rotatable bonds is 2. The monoisotopic (exact) mass is 317 g/mol. The van der Waals surface area contributed by atoms with Crippen LogP contribution in [-0.2, 0) is 0 Å². The van der Waals surface area contributed by atoms with E-state index in [-0.39, 0.29) is 11.6 Å². The number of halogens is 2. The van der Waals surface area contributed by atoms with Crippen LogP contribution in [0.1, 0.15) is 0 Å². The summed E-state index contributed by atoms with van der Waals surface area (Å²) in [5.41, 5.74) is 4.33. The molecule has 0 saturated carbocycles. The fourth-order valence-electron chi connectivity index (χ4n) is 2.81. The Morgan fingerprint density at radius 2 is 1.21 bits per heavy atom. The minimum Gasteiger partial charge on any atom is -0.248 e. The highest BCUT2D eigenvalue weighted by Gasteiger charge is 2.09. The van der Waals surface area contributed by atoms with Crippen molar-refractivity contribution in [3.05, 3.63) is 90.5 Å². The van der Waals surface area contributed by atoms with E-state index in [0.29, 0.717) is 0 Å². The Labute approximate surface area is 138 Å². The number of aromatic nitrogens is 1. The summed E-state index contributed by atoms with van der Waals surface area (Å²) < 4.78 is 26.4. The molecule has 24 heavy (non-hydrogen) atoms. The van der Waals surface area contributed by atoms with Crippen molar-refractivity contribution in [2.45, 2.75) is 0 Å². The van der Waals surface area contributed by atoms with Crippen molar-refractivity contribution in [2.24, 2.45) is 0 Å². The molecule has 0 fully saturated rings. The smallest absolute Gasteiger partial charge is 0.123 e. The lowest BCUT2D eigenvalue weighted by molar-refractivity contribution is 0.627. The van der Waals surface area contributed by atoms with E-state index in [9.17, 15) is 8.78 Å². The van der Waals surface area contributed by atoms with Crippen molar-refractivity contribution in [2.75, 3.05) is 0 Å². The number of hydrogen-bond acceptors (Lipinski definition) is 1.